The summed E-state index contributed by atoms with van der Waals surface area (Å²) in [6, 6.07) is -0.0886. The van der Waals surface area contributed by atoms with Gasteiger partial charge in [-0.15, -0.1) is 0 Å². The molecule has 0 unspecified atom stereocenters. The Hall–Kier alpha value is -2.28. The standard InChI is InChI=1S/C28H50N6O6/c1-28(2,3)18-24(35)29-8-13-33-19-25(36)34-12-7-22(31-21-5-10-32(4)11-6-21)17-23(34)27(38)30-9-14-39-15-16-40-20-26(33)37/h21-23,31H,5-20H2,1-4H3,(H,29,35)(H,30,38)/t22-,23+/m1/s1. The van der Waals surface area contributed by atoms with E-state index in [9.17, 15) is 19.2 Å². The maximum Gasteiger partial charge on any atom is 0.249 e. The van der Waals surface area contributed by atoms with Gasteiger partial charge < -0.3 is 40.1 Å². The molecule has 12 nitrogen and oxygen atoms in total. The van der Waals surface area contributed by atoms with Crippen molar-refractivity contribution in [2.75, 3.05) is 79.3 Å². The SMILES string of the molecule is CN1CCC(N[C@@H]2CCN3C(=O)CN(CCNC(=O)CC(C)(C)C)C(=O)COCCOCCNC(=O)[C@@H]3C2)CC1. The Morgan fingerprint density at radius 2 is 1.68 bits per heavy atom. The van der Waals surface area contributed by atoms with Crippen molar-refractivity contribution in [1.82, 2.24) is 30.7 Å². The quantitative estimate of drug-likeness (QED) is 0.395. The minimum absolute atomic E-state index is 0.103. The van der Waals surface area contributed by atoms with Crippen LogP contribution in [0.2, 0.25) is 0 Å². The first-order valence-electron chi connectivity index (χ1n) is 14.7. The average Bonchev–Trinajstić information content (AvgIpc) is 2.89. The molecule has 3 aliphatic rings. The van der Waals surface area contributed by atoms with E-state index in [0.29, 0.717) is 45.2 Å². The minimum atomic E-state index is -0.630. The second-order valence-corrected chi connectivity index (χ2v) is 12.4. The third-order valence-corrected chi connectivity index (χ3v) is 7.63. The van der Waals surface area contributed by atoms with Gasteiger partial charge in [0, 0.05) is 44.7 Å². The number of amides is 4. The fourth-order valence-electron chi connectivity index (χ4n) is 5.43. The Balaban J connectivity index is 1.67. The van der Waals surface area contributed by atoms with E-state index in [1.54, 1.807) is 4.90 Å². The molecule has 2 atom stereocenters. The molecule has 0 aromatic heterocycles. The number of piperidine rings is 2. The van der Waals surface area contributed by atoms with Crippen molar-refractivity contribution in [2.24, 2.45) is 5.41 Å². The molecule has 0 bridgehead atoms. The van der Waals surface area contributed by atoms with Crippen LogP contribution in [0.1, 0.15) is 52.9 Å². The van der Waals surface area contributed by atoms with E-state index in [0.717, 1.165) is 32.4 Å². The summed E-state index contributed by atoms with van der Waals surface area (Å²) >= 11 is 0. The second-order valence-electron chi connectivity index (χ2n) is 12.4. The van der Waals surface area contributed by atoms with Crippen LogP contribution < -0.4 is 16.0 Å². The van der Waals surface area contributed by atoms with Gasteiger partial charge in [0.15, 0.2) is 0 Å². The van der Waals surface area contributed by atoms with Crippen LogP contribution in [0.3, 0.4) is 0 Å². The molecule has 0 spiro atoms. The van der Waals surface area contributed by atoms with Crippen molar-refractivity contribution in [1.29, 1.82) is 0 Å². The second kappa shape index (κ2) is 15.6. The van der Waals surface area contributed by atoms with Gasteiger partial charge in [-0.05, 0) is 51.2 Å². The van der Waals surface area contributed by atoms with E-state index in [-0.39, 0.29) is 67.9 Å². The fourth-order valence-corrected chi connectivity index (χ4v) is 5.43. The first-order valence-corrected chi connectivity index (χ1v) is 14.7. The molecule has 0 radical (unpaired) electrons. The number of ether oxygens (including phenoxy) is 2. The number of nitrogens with zero attached hydrogens (tertiary/aromatic N) is 3. The number of hydrogen-bond acceptors (Lipinski definition) is 8. The summed E-state index contributed by atoms with van der Waals surface area (Å²) in [5.41, 5.74) is -0.154. The molecule has 3 rings (SSSR count). The van der Waals surface area contributed by atoms with E-state index in [1.165, 1.54) is 4.90 Å². The zero-order chi connectivity index (χ0) is 29.1. The molecule has 3 heterocycles. The third kappa shape index (κ3) is 10.9. The van der Waals surface area contributed by atoms with E-state index in [2.05, 4.69) is 27.9 Å². The largest absolute Gasteiger partial charge is 0.377 e. The van der Waals surface area contributed by atoms with Crippen LogP contribution in [0.15, 0.2) is 0 Å². The fraction of sp³-hybridized carbons (Fsp3) is 0.857. The van der Waals surface area contributed by atoms with Crippen LogP contribution in [0.5, 0.6) is 0 Å². The van der Waals surface area contributed by atoms with E-state index >= 15 is 0 Å². The van der Waals surface area contributed by atoms with Crippen molar-refractivity contribution < 1.29 is 28.7 Å². The van der Waals surface area contributed by atoms with Gasteiger partial charge >= 0.3 is 0 Å². The molecule has 3 N–H and O–H groups in total. The van der Waals surface area contributed by atoms with Crippen LogP contribution in [-0.4, -0.2) is 136 Å². The first-order chi connectivity index (χ1) is 19.0. The molecule has 228 valence electrons. The molecule has 4 amide bonds. The molecular weight excluding hydrogens is 516 g/mol. The molecule has 40 heavy (non-hydrogen) atoms. The van der Waals surface area contributed by atoms with E-state index in [4.69, 9.17) is 9.47 Å². The number of fused-ring (bicyclic) bond motifs is 1. The monoisotopic (exact) mass is 566 g/mol. The van der Waals surface area contributed by atoms with E-state index < -0.39 is 6.04 Å². The molecule has 0 aromatic carbocycles. The summed E-state index contributed by atoms with van der Waals surface area (Å²) in [5, 5.41) is 9.52. The van der Waals surface area contributed by atoms with Gasteiger partial charge in [0.25, 0.3) is 0 Å². The molecule has 3 aliphatic heterocycles. The van der Waals surface area contributed by atoms with Gasteiger partial charge in [-0.25, -0.2) is 0 Å². The summed E-state index contributed by atoms with van der Waals surface area (Å²) in [4.78, 5) is 57.5. The predicted octanol–water partition coefficient (Wildman–Crippen LogP) is -0.426. The van der Waals surface area contributed by atoms with Crippen molar-refractivity contribution in [3.63, 3.8) is 0 Å². The van der Waals surface area contributed by atoms with Gasteiger partial charge in [0.05, 0.1) is 26.4 Å². The number of carbonyl (C=O) groups excluding carboxylic acids is 4. The Kier molecular flexibility index (Phi) is 12.6. The third-order valence-electron chi connectivity index (χ3n) is 7.63. The van der Waals surface area contributed by atoms with Crippen LogP contribution in [0.25, 0.3) is 0 Å². The number of carbonyl (C=O) groups is 4. The number of likely N-dealkylation sites (tertiary alicyclic amines) is 1. The summed E-state index contributed by atoms with van der Waals surface area (Å²) in [6.45, 7) is 9.69. The lowest BCUT2D eigenvalue weighted by atomic mass is 9.92. The van der Waals surface area contributed by atoms with Crippen LogP contribution >= 0.6 is 0 Å². The minimum Gasteiger partial charge on any atom is -0.377 e. The zero-order valence-corrected chi connectivity index (χ0v) is 24.8. The zero-order valence-electron chi connectivity index (χ0n) is 24.8. The van der Waals surface area contributed by atoms with Crippen molar-refractivity contribution >= 4 is 23.6 Å². The smallest absolute Gasteiger partial charge is 0.249 e. The highest BCUT2D eigenvalue weighted by Gasteiger charge is 2.37. The molecular formula is C28H50N6O6. The van der Waals surface area contributed by atoms with Gasteiger partial charge in [-0.2, -0.15) is 0 Å². The topological polar surface area (TPSA) is 133 Å². The van der Waals surface area contributed by atoms with Crippen molar-refractivity contribution in [3.8, 4) is 0 Å². The molecule has 3 fully saturated rings. The molecule has 12 heteroatoms. The summed E-state index contributed by atoms with van der Waals surface area (Å²) in [5.74, 6) is -0.925. The molecule has 0 aliphatic carbocycles. The first kappa shape index (κ1) is 32.2. The molecule has 3 saturated heterocycles. The normalized spacial score (nSPS) is 25.6. The lowest BCUT2D eigenvalue weighted by molar-refractivity contribution is -0.148. The molecule has 0 saturated carbocycles. The predicted molar refractivity (Wildman–Crippen MR) is 150 cm³/mol. The summed E-state index contributed by atoms with van der Waals surface area (Å²) in [7, 11) is 2.13. The van der Waals surface area contributed by atoms with Gasteiger partial charge in [0.2, 0.25) is 23.6 Å². The average molecular weight is 567 g/mol. The van der Waals surface area contributed by atoms with Crippen molar-refractivity contribution in [2.45, 2.75) is 71.0 Å². The highest BCUT2D eigenvalue weighted by molar-refractivity contribution is 5.90. The van der Waals surface area contributed by atoms with Crippen LogP contribution in [0.4, 0.5) is 0 Å². The Morgan fingerprint density at radius 3 is 2.40 bits per heavy atom. The Morgan fingerprint density at radius 1 is 0.975 bits per heavy atom. The van der Waals surface area contributed by atoms with Crippen LogP contribution in [-0.2, 0) is 28.7 Å². The number of hydrogen-bond donors (Lipinski definition) is 3. The maximum atomic E-state index is 13.6. The number of rotatable bonds is 6. The lowest BCUT2D eigenvalue weighted by Gasteiger charge is -2.41. The summed E-state index contributed by atoms with van der Waals surface area (Å²) < 4.78 is 11.0. The summed E-state index contributed by atoms with van der Waals surface area (Å²) in [6.07, 6.45) is 3.75. The van der Waals surface area contributed by atoms with Gasteiger partial charge in [-0.1, -0.05) is 20.8 Å². The Bertz CT molecular complexity index is 857. The van der Waals surface area contributed by atoms with Crippen molar-refractivity contribution in [3.05, 3.63) is 0 Å². The highest BCUT2D eigenvalue weighted by atomic mass is 16.5. The Labute approximate surface area is 238 Å². The lowest BCUT2D eigenvalue weighted by Crippen LogP contribution is -2.60. The highest BCUT2D eigenvalue weighted by Crippen LogP contribution is 2.21. The van der Waals surface area contributed by atoms with E-state index in [1.807, 2.05) is 20.8 Å². The van der Waals surface area contributed by atoms with Gasteiger partial charge in [-0.3, -0.25) is 19.2 Å². The van der Waals surface area contributed by atoms with Gasteiger partial charge in [0.1, 0.15) is 12.6 Å². The van der Waals surface area contributed by atoms with Crippen LogP contribution in [0, 0.1) is 5.41 Å². The molecule has 0 aromatic rings. The maximum absolute atomic E-state index is 13.6. The number of nitrogens with one attached hydrogen (secondary N) is 3.